The molecule has 0 bridgehead atoms. The van der Waals surface area contributed by atoms with Crippen LogP contribution in [0.1, 0.15) is 30.5 Å². The van der Waals surface area contributed by atoms with E-state index in [-0.39, 0.29) is 0 Å². The minimum atomic E-state index is 0.376. The zero-order valence-corrected chi connectivity index (χ0v) is 19.4. The molecule has 0 amide bonds. The lowest BCUT2D eigenvalue weighted by Crippen LogP contribution is -2.24. The molecular formula is C24H26N4O2S. The molecule has 31 heavy (non-hydrogen) atoms. The van der Waals surface area contributed by atoms with E-state index in [1.54, 1.807) is 7.11 Å². The van der Waals surface area contributed by atoms with Gasteiger partial charge in [0, 0.05) is 30.2 Å². The van der Waals surface area contributed by atoms with Crippen molar-refractivity contribution in [1.29, 1.82) is 5.26 Å². The number of methoxy groups -OCH3 is 1. The van der Waals surface area contributed by atoms with Crippen molar-refractivity contribution < 1.29 is 9.47 Å². The summed E-state index contributed by atoms with van der Waals surface area (Å²) in [5, 5.41) is 10.3. The van der Waals surface area contributed by atoms with Gasteiger partial charge in [-0.05, 0) is 63.1 Å². The van der Waals surface area contributed by atoms with E-state index in [1.165, 1.54) is 0 Å². The third-order valence-corrected chi connectivity index (χ3v) is 5.75. The molecule has 160 valence electrons. The van der Waals surface area contributed by atoms with Crippen LogP contribution in [0.15, 0.2) is 41.4 Å². The van der Waals surface area contributed by atoms with Crippen LogP contribution in [0.5, 0.6) is 16.6 Å². The third kappa shape index (κ3) is 4.86. The molecule has 0 radical (unpaired) electrons. The van der Waals surface area contributed by atoms with Crippen molar-refractivity contribution in [1.82, 2.24) is 9.27 Å². The van der Waals surface area contributed by atoms with E-state index < -0.39 is 0 Å². The standard InChI is InChI=1S/C24H26N4O2S/c1-15(2)28(5)14-26-20-11-17(4)22(12-16(20)3)30-24-19(13-25)23(27-31-24)18-9-7-8-10-21(18)29-6/h7-12,14-15H,1-6H3/b26-14-. The Labute approximate surface area is 187 Å². The number of nitrogens with zero attached hydrogens (tertiary/aromatic N) is 4. The number of ether oxygens (including phenoxy) is 2. The first-order valence-electron chi connectivity index (χ1n) is 9.94. The highest BCUT2D eigenvalue weighted by Gasteiger charge is 2.20. The van der Waals surface area contributed by atoms with Crippen molar-refractivity contribution in [2.75, 3.05) is 14.2 Å². The van der Waals surface area contributed by atoms with Crippen molar-refractivity contribution in [2.45, 2.75) is 33.7 Å². The summed E-state index contributed by atoms with van der Waals surface area (Å²) in [6.45, 7) is 8.19. The fourth-order valence-corrected chi connectivity index (χ4v) is 3.60. The second-order valence-corrected chi connectivity index (χ2v) is 8.25. The van der Waals surface area contributed by atoms with Gasteiger partial charge in [-0.3, -0.25) is 0 Å². The first-order valence-corrected chi connectivity index (χ1v) is 10.7. The summed E-state index contributed by atoms with van der Waals surface area (Å²) in [4.78, 5) is 6.65. The van der Waals surface area contributed by atoms with Gasteiger partial charge in [0.1, 0.15) is 28.8 Å². The maximum Gasteiger partial charge on any atom is 0.218 e. The predicted octanol–water partition coefficient (Wildman–Crippen LogP) is 6.10. The first kappa shape index (κ1) is 22.3. The summed E-state index contributed by atoms with van der Waals surface area (Å²) in [6.07, 6.45) is 1.84. The Bertz CT molecular complexity index is 1140. The summed E-state index contributed by atoms with van der Waals surface area (Å²) in [6, 6.07) is 14.1. The highest BCUT2D eigenvalue weighted by Crippen LogP contribution is 2.41. The van der Waals surface area contributed by atoms with Crippen LogP contribution in [-0.2, 0) is 0 Å². The number of aliphatic imine (C=N–C) groups is 1. The number of para-hydroxylation sites is 1. The lowest BCUT2D eigenvalue weighted by atomic mass is 10.1. The Morgan fingerprint density at radius 3 is 2.58 bits per heavy atom. The maximum atomic E-state index is 9.80. The van der Waals surface area contributed by atoms with Gasteiger partial charge in [-0.15, -0.1) is 0 Å². The molecule has 7 heteroatoms. The minimum absolute atomic E-state index is 0.376. The predicted molar refractivity (Wildman–Crippen MR) is 126 cm³/mol. The van der Waals surface area contributed by atoms with Crippen LogP contribution in [-0.4, -0.2) is 35.8 Å². The number of aromatic nitrogens is 1. The minimum Gasteiger partial charge on any atom is -0.496 e. The van der Waals surface area contributed by atoms with E-state index in [0.29, 0.717) is 33.9 Å². The monoisotopic (exact) mass is 434 g/mol. The van der Waals surface area contributed by atoms with Gasteiger partial charge < -0.3 is 14.4 Å². The van der Waals surface area contributed by atoms with Gasteiger partial charge in [-0.25, -0.2) is 4.99 Å². The van der Waals surface area contributed by atoms with Gasteiger partial charge in [0.15, 0.2) is 0 Å². The van der Waals surface area contributed by atoms with E-state index in [1.807, 2.05) is 63.6 Å². The third-order valence-electron chi connectivity index (χ3n) is 5.02. The number of aryl methyl sites for hydroxylation is 2. The van der Waals surface area contributed by atoms with Gasteiger partial charge in [-0.1, -0.05) is 12.1 Å². The number of nitriles is 1. The summed E-state index contributed by atoms with van der Waals surface area (Å²) in [5.41, 5.74) is 4.53. The molecule has 0 atom stereocenters. The van der Waals surface area contributed by atoms with Crippen LogP contribution in [0, 0.1) is 25.2 Å². The van der Waals surface area contributed by atoms with Crippen molar-refractivity contribution in [2.24, 2.45) is 4.99 Å². The molecular weight excluding hydrogens is 408 g/mol. The SMILES string of the molecule is COc1ccccc1-c1nsc(Oc2cc(C)c(/N=C\N(C)C(C)C)cc2C)c1C#N. The normalized spacial score (nSPS) is 11.0. The molecule has 0 aliphatic heterocycles. The largest absolute Gasteiger partial charge is 0.496 e. The summed E-state index contributed by atoms with van der Waals surface area (Å²) >= 11 is 1.16. The quantitative estimate of drug-likeness (QED) is 0.332. The number of hydrogen-bond donors (Lipinski definition) is 0. The highest BCUT2D eigenvalue weighted by molar-refractivity contribution is 7.08. The smallest absolute Gasteiger partial charge is 0.218 e. The van der Waals surface area contributed by atoms with Gasteiger partial charge in [-0.2, -0.15) is 9.64 Å². The summed E-state index contributed by atoms with van der Waals surface area (Å²) < 4.78 is 16.0. The fourth-order valence-electron chi connectivity index (χ4n) is 2.88. The van der Waals surface area contributed by atoms with E-state index in [9.17, 15) is 5.26 Å². The Hall–Kier alpha value is -3.37. The zero-order valence-electron chi connectivity index (χ0n) is 18.6. The number of rotatable bonds is 7. The van der Waals surface area contributed by atoms with Gasteiger partial charge in [0.25, 0.3) is 0 Å². The van der Waals surface area contributed by atoms with Gasteiger partial charge >= 0.3 is 0 Å². The Morgan fingerprint density at radius 2 is 1.90 bits per heavy atom. The van der Waals surface area contributed by atoms with Crippen LogP contribution in [0.4, 0.5) is 5.69 Å². The van der Waals surface area contributed by atoms with Crippen molar-refractivity contribution in [3.8, 4) is 33.9 Å². The molecule has 0 aliphatic carbocycles. The molecule has 1 heterocycles. The van der Waals surface area contributed by atoms with Crippen LogP contribution in [0.3, 0.4) is 0 Å². The Balaban J connectivity index is 1.93. The number of hydrogen-bond acceptors (Lipinski definition) is 6. The fraction of sp³-hybridized carbons (Fsp3) is 0.292. The van der Waals surface area contributed by atoms with E-state index >= 15 is 0 Å². The number of benzene rings is 2. The Morgan fingerprint density at radius 1 is 1.16 bits per heavy atom. The molecule has 1 aromatic heterocycles. The van der Waals surface area contributed by atoms with Crippen LogP contribution >= 0.6 is 11.5 Å². The molecule has 0 saturated carbocycles. The lowest BCUT2D eigenvalue weighted by Gasteiger charge is -2.17. The highest BCUT2D eigenvalue weighted by atomic mass is 32.1. The van der Waals surface area contributed by atoms with E-state index in [4.69, 9.17) is 9.47 Å². The zero-order chi connectivity index (χ0) is 22.5. The molecule has 3 aromatic rings. The van der Waals surface area contributed by atoms with Crippen molar-refractivity contribution in [3.63, 3.8) is 0 Å². The maximum absolute atomic E-state index is 9.80. The molecule has 6 nitrogen and oxygen atoms in total. The molecule has 3 rings (SSSR count). The second-order valence-electron chi connectivity index (χ2n) is 7.52. The molecule has 0 unspecified atom stereocenters. The van der Waals surface area contributed by atoms with Crippen LogP contribution in [0.2, 0.25) is 0 Å². The molecule has 0 spiro atoms. The van der Waals surface area contributed by atoms with Gasteiger partial charge in [0.05, 0.1) is 19.1 Å². The molecule has 0 N–H and O–H groups in total. The molecule has 0 fully saturated rings. The van der Waals surface area contributed by atoms with E-state index in [2.05, 4.69) is 34.2 Å². The summed E-state index contributed by atoms with van der Waals surface area (Å²) in [5.74, 6) is 1.34. The second kappa shape index (κ2) is 9.63. The van der Waals surface area contributed by atoms with Crippen LogP contribution in [0.25, 0.3) is 11.3 Å². The average Bonchev–Trinajstić information content (AvgIpc) is 3.16. The average molecular weight is 435 g/mol. The molecule has 0 aliphatic rings. The molecule has 0 saturated heterocycles. The Kier molecular flexibility index (Phi) is 6.93. The topological polar surface area (TPSA) is 70.7 Å². The lowest BCUT2D eigenvalue weighted by molar-refractivity contribution is 0.416. The molecule has 2 aromatic carbocycles. The first-order chi connectivity index (χ1) is 14.8. The van der Waals surface area contributed by atoms with Crippen molar-refractivity contribution >= 4 is 23.6 Å². The summed E-state index contributed by atoms with van der Waals surface area (Å²) in [7, 11) is 3.60. The van der Waals surface area contributed by atoms with Crippen molar-refractivity contribution in [3.05, 3.63) is 53.1 Å². The van der Waals surface area contributed by atoms with E-state index in [0.717, 1.165) is 33.9 Å². The van der Waals surface area contributed by atoms with Gasteiger partial charge in [0.2, 0.25) is 5.06 Å². The van der Waals surface area contributed by atoms with Crippen LogP contribution < -0.4 is 9.47 Å².